The fourth-order valence-corrected chi connectivity index (χ4v) is 6.60. The van der Waals surface area contributed by atoms with Crippen LogP contribution in [0.1, 0.15) is 66.7 Å². The Morgan fingerprint density at radius 2 is 1.70 bits per heavy atom. The van der Waals surface area contributed by atoms with E-state index in [4.69, 9.17) is 9.90 Å². The summed E-state index contributed by atoms with van der Waals surface area (Å²) in [6, 6.07) is 10.1. The number of piperazine rings is 1. The summed E-state index contributed by atoms with van der Waals surface area (Å²) in [7, 11) is 2.23. The van der Waals surface area contributed by atoms with Crippen LogP contribution in [0.5, 0.6) is 0 Å². The number of nitriles is 1. The Hall–Kier alpha value is -3.32. The topological polar surface area (TPSA) is 129 Å². The second-order valence-corrected chi connectivity index (χ2v) is 13.3. The van der Waals surface area contributed by atoms with Gasteiger partial charge in [0, 0.05) is 51.0 Å². The molecule has 0 atom stereocenters. The molecule has 15 heteroatoms. The molecule has 1 aromatic carbocycles. The molecule has 2 aliphatic heterocycles. The summed E-state index contributed by atoms with van der Waals surface area (Å²) in [5, 5.41) is 18.3. The number of halogens is 4. The van der Waals surface area contributed by atoms with Gasteiger partial charge in [0.2, 0.25) is 5.82 Å². The molecular weight excluding hydrogens is 681 g/mol. The maximum atomic E-state index is 13.5. The number of anilines is 1. The maximum absolute atomic E-state index is 13.5. The Morgan fingerprint density at radius 1 is 1.06 bits per heavy atom. The van der Waals surface area contributed by atoms with Gasteiger partial charge in [-0.25, -0.2) is 9.78 Å². The Morgan fingerprint density at radius 3 is 2.32 bits per heavy atom. The molecule has 1 saturated carbocycles. The first-order chi connectivity index (χ1) is 22.4. The van der Waals surface area contributed by atoms with Crippen molar-refractivity contribution in [2.24, 2.45) is 5.92 Å². The van der Waals surface area contributed by atoms with E-state index in [2.05, 4.69) is 59.1 Å². The number of aliphatic carboxylic acids is 1. The Bertz CT molecular complexity index is 1390. The molecule has 2 N–H and O–H groups in total. The van der Waals surface area contributed by atoms with E-state index in [1.54, 1.807) is 6.20 Å². The number of benzene rings is 1. The van der Waals surface area contributed by atoms with E-state index >= 15 is 0 Å². The summed E-state index contributed by atoms with van der Waals surface area (Å²) in [5.74, 6) is -1.48. The van der Waals surface area contributed by atoms with Crippen molar-refractivity contribution >= 4 is 33.6 Å². The van der Waals surface area contributed by atoms with E-state index in [0.29, 0.717) is 15.9 Å². The highest BCUT2D eigenvalue weighted by Crippen LogP contribution is 2.30. The summed E-state index contributed by atoms with van der Waals surface area (Å²) < 4.78 is 32.4. The predicted molar refractivity (Wildman–Crippen MR) is 173 cm³/mol. The highest BCUT2D eigenvalue weighted by molar-refractivity contribution is 9.10. The minimum Gasteiger partial charge on any atom is -0.475 e. The number of amides is 1. The summed E-state index contributed by atoms with van der Waals surface area (Å²) >= 11 is 3.54. The van der Waals surface area contributed by atoms with Gasteiger partial charge < -0.3 is 14.9 Å². The van der Waals surface area contributed by atoms with Crippen molar-refractivity contribution in [3.8, 4) is 6.07 Å². The number of nitrogens with one attached hydrogen (secondary N) is 1. The average Bonchev–Trinajstić information content (AvgIpc) is 3.06. The van der Waals surface area contributed by atoms with Gasteiger partial charge in [-0.15, -0.1) is 0 Å². The number of carbonyl (C=O) groups is 2. The second kappa shape index (κ2) is 17.2. The Labute approximate surface area is 281 Å². The SMILES string of the molecule is CN1CCC(CN2CCN(Cc3cccc(C(=O)NN(c4nc(C#N)ncc4Br)C4CCCCC4)c3)CC2)CC1.O=C(O)C(F)(F)F. The molecule has 0 radical (unpaired) electrons. The van der Waals surface area contributed by atoms with Crippen molar-refractivity contribution in [2.75, 3.05) is 57.9 Å². The normalized spacial score (nSPS) is 18.9. The van der Waals surface area contributed by atoms with Gasteiger partial charge in [-0.3, -0.25) is 20.1 Å². The first kappa shape index (κ1) is 36.5. The lowest BCUT2D eigenvalue weighted by Crippen LogP contribution is -2.50. The quantitative estimate of drug-likeness (QED) is 0.371. The summed E-state index contributed by atoms with van der Waals surface area (Å²) in [6.45, 7) is 8.87. The van der Waals surface area contributed by atoms with E-state index in [9.17, 15) is 23.2 Å². The number of likely N-dealkylation sites (tertiary alicyclic amines) is 1. The van der Waals surface area contributed by atoms with Crippen molar-refractivity contribution in [2.45, 2.75) is 63.7 Å². The number of rotatable bonds is 8. The smallest absolute Gasteiger partial charge is 0.475 e. The number of aromatic nitrogens is 2. The van der Waals surface area contributed by atoms with Crippen LogP contribution in [0.3, 0.4) is 0 Å². The monoisotopic (exact) mass is 722 g/mol. The molecule has 47 heavy (non-hydrogen) atoms. The van der Waals surface area contributed by atoms with Crippen LogP contribution in [-0.2, 0) is 11.3 Å². The molecule has 0 spiro atoms. The third-order valence-electron chi connectivity index (χ3n) is 8.87. The molecule has 1 aromatic heterocycles. The van der Waals surface area contributed by atoms with Crippen molar-refractivity contribution in [3.05, 3.63) is 51.9 Å². The molecule has 3 aliphatic rings. The zero-order valence-corrected chi connectivity index (χ0v) is 28.1. The molecule has 1 amide bonds. The highest BCUT2D eigenvalue weighted by Gasteiger charge is 2.38. The number of carboxylic acids is 1. The van der Waals surface area contributed by atoms with E-state index in [0.717, 1.165) is 69.9 Å². The molecule has 5 rings (SSSR count). The Balaban J connectivity index is 0.000000644. The van der Waals surface area contributed by atoms with Crippen molar-refractivity contribution in [3.63, 3.8) is 0 Å². The van der Waals surface area contributed by atoms with Crippen LogP contribution in [0.2, 0.25) is 0 Å². The van der Waals surface area contributed by atoms with Gasteiger partial charge in [0.05, 0.1) is 10.5 Å². The number of hydrogen-bond donors (Lipinski definition) is 2. The van der Waals surface area contributed by atoms with Crippen molar-refractivity contribution in [1.29, 1.82) is 5.26 Å². The minimum atomic E-state index is -5.08. The molecular formula is C32H42BrF3N8O3. The van der Waals surface area contributed by atoms with Gasteiger partial charge in [0.25, 0.3) is 5.91 Å². The molecule has 256 valence electrons. The van der Waals surface area contributed by atoms with Crippen LogP contribution in [0.15, 0.2) is 34.9 Å². The van der Waals surface area contributed by atoms with Gasteiger partial charge >= 0.3 is 12.1 Å². The largest absolute Gasteiger partial charge is 0.490 e. The minimum absolute atomic E-state index is 0.0849. The number of alkyl halides is 3. The molecule has 3 fully saturated rings. The molecule has 2 aromatic rings. The first-order valence-corrected chi connectivity index (χ1v) is 16.8. The van der Waals surface area contributed by atoms with E-state index < -0.39 is 12.1 Å². The van der Waals surface area contributed by atoms with Gasteiger partial charge in [0.15, 0.2) is 5.82 Å². The number of piperidine rings is 1. The van der Waals surface area contributed by atoms with E-state index in [1.165, 1.54) is 38.9 Å². The third kappa shape index (κ3) is 11.1. The van der Waals surface area contributed by atoms with Gasteiger partial charge in [-0.2, -0.15) is 23.4 Å². The van der Waals surface area contributed by atoms with E-state index in [1.807, 2.05) is 29.3 Å². The number of carboxylic acid groups (broad SMARTS) is 1. The van der Waals surface area contributed by atoms with Crippen molar-refractivity contribution < 1.29 is 27.9 Å². The van der Waals surface area contributed by atoms with Crippen LogP contribution in [-0.4, -0.2) is 107 Å². The van der Waals surface area contributed by atoms with Crippen LogP contribution in [0, 0.1) is 17.2 Å². The molecule has 11 nitrogen and oxygen atoms in total. The number of nitrogens with zero attached hydrogens (tertiary/aromatic N) is 7. The lowest BCUT2D eigenvalue weighted by atomic mass is 9.95. The maximum Gasteiger partial charge on any atom is 0.490 e. The van der Waals surface area contributed by atoms with Crippen LogP contribution in [0.25, 0.3) is 0 Å². The van der Waals surface area contributed by atoms with Gasteiger partial charge in [-0.1, -0.05) is 31.4 Å². The number of hydrazine groups is 1. The Kier molecular flexibility index (Phi) is 13.4. The van der Waals surface area contributed by atoms with Crippen molar-refractivity contribution in [1.82, 2.24) is 30.1 Å². The third-order valence-corrected chi connectivity index (χ3v) is 9.43. The summed E-state index contributed by atoms with van der Waals surface area (Å²) in [6.07, 6.45) is 4.45. The van der Waals surface area contributed by atoms with Crippen LogP contribution < -0.4 is 10.4 Å². The average molecular weight is 724 g/mol. The zero-order chi connectivity index (χ0) is 34.0. The summed E-state index contributed by atoms with van der Waals surface area (Å²) in [5.41, 5.74) is 4.91. The first-order valence-electron chi connectivity index (χ1n) is 16.0. The number of hydrogen-bond acceptors (Lipinski definition) is 9. The molecule has 0 unspecified atom stereocenters. The lowest BCUT2D eigenvalue weighted by molar-refractivity contribution is -0.192. The van der Waals surface area contributed by atoms with Gasteiger partial charge in [-0.05, 0) is 85.4 Å². The lowest BCUT2D eigenvalue weighted by Gasteiger charge is -2.38. The fourth-order valence-electron chi connectivity index (χ4n) is 6.22. The molecule has 2 saturated heterocycles. The fraction of sp³-hybridized carbons (Fsp3) is 0.594. The van der Waals surface area contributed by atoms with E-state index in [-0.39, 0.29) is 17.8 Å². The second-order valence-electron chi connectivity index (χ2n) is 12.4. The molecule has 0 bridgehead atoms. The zero-order valence-electron chi connectivity index (χ0n) is 26.6. The highest BCUT2D eigenvalue weighted by atomic mass is 79.9. The standard InChI is InChI=1S/C30H41BrN8O.C2HF3O2/c1-36-12-10-23(11-13-36)21-37-14-16-38(17-15-37)22-24-6-5-7-25(18-24)30(40)35-39(26-8-3-2-4-9-26)29-27(31)20-33-28(19-32)34-29;3-2(4,5)1(6)7/h5-7,18,20,23,26H,2-4,8-17,21-22H2,1H3,(H,35,40);(H,6,7). The summed E-state index contributed by atoms with van der Waals surface area (Å²) in [4.78, 5) is 38.5. The van der Waals surface area contributed by atoms with Crippen LogP contribution in [0.4, 0.5) is 19.0 Å². The molecule has 3 heterocycles. The predicted octanol–water partition coefficient (Wildman–Crippen LogP) is 4.69. The number of carbonyl (C=O) groups excluding carboxylic acids is 1. The van der Waals surface area contributed by atoms with Gasteiger partial charge in [0.1, 0.15) is 6.07 Å². The molecule has 1 aliphatic carbocycles. The van der Waals surface area contributed by atoms with Crippen LogP contribution >= 0.6 is 15.9 Å².